The first kappa shape index (κ1) is 17.9. The van der Waals surface area contributed by atoms with Crippen molar-refractivity contribution >= 4 is 29.0 Å². The van der Waals surface area contributed by atoms with E-state index in [1.165, 1.54) is 30.3 Å². The number of carboxylic acid groups (broad SMARTS) is 1. The molecule has 2 N–H and O–H groups in total. The van der Waals surface area contributed by atoms with E-state index in [-0.39, 0.29) is 36.1 Å². The van der Waals surface area contributed by atoms with Crippen molar-refractivity contribution < 1.29 is 23.8 Å². The topological polar surface area (TPSA) is 75.6 Å². The van der Waals surface area contributed by atoms with E-state index >= 15 is 0 Å². The van der Waals surface area contributed by atoms with E-state index in [1.54, 1.807) is 12.1 Å². The normalized spacial score (nSPS) is 10.4. The number of carbonyl (C=O) groups excluding carboxylic acids is 1. The van der Waals surface area contributed by atoms with Gasteiger partial charge in [-0.25, -0.2) is 9.18 Å². The highest BCUT2D eigenvalue weighted by atomic mass is 35.5. The minimum Gasteiger partial charge on any atom is -0.478 e. The van der Waals surface area contributed by atoms with Gasteiger partial charge in [0.25, 0.3) is 0 Å². The third-order valence-electron chi connectivity index (χ3n) is 3.13. The van der Waals surface area contributed by atoms with Gasteiger partial charge >= 0.3 is 5.97 Å². The van der Waals surface area contributed by atoms with E-state index in [0.29, 0.717) is 11.3 Å². The van der Waals surface area contributed by atoms with Crippen molar-refractivity contribution in [3.8, 4) is 0 Å². The zero-order chi connectivity index (χ0) is 17.5. The van der Waals surface area contributed by atoms with Crippen molar-refractivity contribution in [1.29, 1.82) is 0 Å². The molecule has 0 aliphatic carbocycles. The molecule has 0 aliphatic rings. The Balaban J connectivity index is 1.77. The summed E-state index contributed by atoms with van der Waals surface area (Å²) < 4.78 is 18.2. The summed E-state index contributed by atoms with van der Waals surface area (Å²) in [5.41, 5.74) is 1.26. The number of rotatable bonds is 8. The van der Waals surface area contributed by atoms with Crippen LogP contribution in [0.3, 0.4) is 0 Å². The minimum absolute atomic E-state index is 0.000221. The molecule has 0 fully saturated rings. The Bertz CT molecular complexity index is 751. The second-order valence-electron chi connectivity index (χ2n) is 5.01. The van der Waals surface area contributed by atoms with Gasteiger partial charge in [-0.05, 0) is 35.9 Å². The highest BCUT2D eigenvalue weighted by molar-refractivity contribution is 6.31. The first-order valence-corrected chi connectivity index (χ1v) is 7.44. The second kappa shape index (κ2) is 8.42. The van der Waals surface area contributed by atoms with Gasteiger partial charge in [0.15, 0.2) is 5.78 Å². The summed E-state index contributed by atoms with van der Waals surface area (Å²) in [5.74, 6) is -1.69. The predicted octanol–water partition coefficient (Wildman–Crippen LogP) is 3.38. The molecule has 0 radical (unpaired) electrons. The number of benzene rings is 2. The maximum atomic E-state index is 12.9. The molecule has 0 spiro atoms. The van der Waals surface area contributed by atoms with Gasteiger partial charge in [0, 0.05) is 10.7 Å². The molecular weight excluding hydrogens is 337 g/mol. The summed E-state index contributed by atoms with van der Waals surface area (Å²) in [6.45, 7) is -0.0428. The molecule has 0 aromatic heterocycles. The Labute approximate surface area is 143 Å². The molecule has 2 aromatic rings. The molecule has 7 heteroatoms. The Morgan fingerprint density at radius 3 is 2.71 bits per heavy atom. The van der Waals surface area contributed by atoms with Crippen molar-refractivity contribution in [3.63, 3.8) is 0 Å². The smallest absolute Gasteiger partial charge is 0.335 e. The quantitative estimate of drug-likeness (QED) is 0.762. The van der Waals surface area contributed by atoms with Crippen LogP contribution in [0.15, 0.2) is 42.5 Å². The van der Waals surface area contributed by atoms with Crippen LogP contribution in [-0.2, 0) is 16.1 Å². The van der Waals surface area contributed by atoms with E-state index in [4.69, 9.17) is 21.4 Å². The average molecular weight is 352 g/mol. The minimum atomic E-state index is -1.04. The van der Waals surface area contributed by atoms with Crippen molar-refractivity contribution in [1.82, 2.24) is 0 Å². The van der Waals surface area contributed by atoms with E-state index in [9.17, 15) is 14.0 Å². The molecule has 0 unspecified atom stereocenters. The standard InChI is InChI=1S/C17H15ClFNO4/c18-16-7-13(19)5-4-12(16)9-24-10-15(21)8-20-14-3-1-2-11(6-14)17(22)23/h1-7,20H,8-10H2,(H,22,23). The van der Waals surface area contributed by atoms with Crippen LogP contribution in [0, 0.1) is 5.82 Å². The molecule has 126 valence electrons. The molecule has 0 amide bonds. The van der Waals surface area contributed by atoms with Gasteiger partial charge in [0.05, 0.1) is 18.7 Å². The zero-order valence-corrected chi connectivity index (χ0v) is 13.3. The van der Waals surface area contributed by atoms with E-state index in [2.05, 4.69) is 5.32 Å². The lowest BCUT2D eigenvalue weighted by Gasteiger charge is -2.08. The number of hydrogen-bond donors (Lipinski definition) is 2. The van der Waals surface area contributed by atoms with Gasteiger partial charge in [0.1, 0.15) is 12.4 Å². The third kappa shape index (κ3) is 5.33. The lowest BCUT2D eigenvalue weighted by Crippen LogP contribution is -2.19. The summed E-state index contributed by atoms with van der Waals surface area (Å²) in [4.78, 5) is 22.6. The molecule has 0 bridgehead atoms. The van der Waals surface area contributed by atoms with Crippen LogP contribution in [0.2, 0.25) is 5.02 Å². The number of ether oxygens (including phenoxy) is 1. The Morgan fingerprint density at radius 2 is 2.00 bits per heavy atom. The largest absolute Gasteiger partial charge is 0.478 e. The number of ketones is 1. The molecular formula is C17H15ClFNO4. The highest BCUT2D eigenvalue weighted by Crippen LogP contribution is 2.18. The summed E-state index contributed by atoms with van der Waals surface area (Å²) in [7, 11) is 0. The number of hydrogen-bond acceptors (Lipinski definition) is 4. The maximum absolute atomic E-state index is 12.9. The van der Waals surface area contributed by atoms with Crippen LogP contribution < -0.4 is 5.32 Å². The Kier molecular flexibility index (Phi) is 6.28. The van der Waals surface area contributed by atoms with E-state index in [1.807, 2.05) is 0 Å². The monoisotopic (exact) mass is 351 g/mol. The number of aromatic carboxylic acids is 1. The summed E-state index contributed by atoms with van der Waals surface area (Å²) in [6.07, 6.45) is 0. The van der Waals surface area contributed by atoms with Crippen molar-refractivity contribution in [2.75, 3.05) is 18.5 Å². The predicted molar refractivity (Wildman–Crippen MR) is 88.0 cm³/mol. The maximum Gasteiger partial charge on any atom is 0.335 e. The molecule has 2 aromatic carbocycles. The van der Waals surface area contributed by atoms with Crippen molar-refractivity contribution in [2.24, 2.45) is 0 Å². The first-order valence-electron chi connectivity index (χ1n) is 7.06. The van der Waals surface area contributed by atoms with E-state index in [0.717, 1.165) is 0 Å². The number of carboxylic acids is 1. The van der Waals surface area contributed by atoms with Crippen LogP contribution >= 0.6 is 11.6 Å². The van der Waals surface area contributed by atoms with Gasteiger partial charge in [0.2, 0.25) is 0 Å². The van der Waals surface area contributed by atoms with Crippen LogP contribution in [0.25, 0.3) is 0 Å². The fourth-order valence-electron chi connectivity index (χ4n) is 1.93. The fourth-order valence-corrected chi connectivity index (χ4v) is 2.15. The Hall–Kier alpha value is -2.44. The third-order valence-corrected chi connectivity index (χ3v) is 3.49. The lowest BCUT2D eigenvalue weighted by molar-refractivity contribution is -0.122. The van der Waals surface area contributed by atoms with Crippen molar-refractivity contribution in [2.45, 2.75) is 6.61 Å². The van der Waals surface area contributed by atoms with Crippen LogP contribution in [0.4, 0.5) is 10.1 Å². The second-order valence-corrected chi connectivity index (χ2v) is 5.41. The van der Waals surface area contributed by atoms with Gasteiger partial charge in [-0.15, -0.1) is 0 Å². The number of halogens is 2. The van der Waals surface area contributed by atoms with Gasteiger partial charge in [-0.1, -0.05) is 23.7 Å². The van der Waals surface area contributed by atoms with Gasteiger partial charge in [-0.3, -0.25) is 4.79 Å². The number of anilines is 1. The zero-order valence-electron chi connectivity index (χ0n) is 12.6. The fraction of sp³-hybridized carbons (Fsp3) is 0.176. The molecule has 5 nitrogen and oxygen atoms in total. The molecule has 0 saturated carbocycles. The molecule has 2 rings (SSSR count). The average Bonchev–Trinajstić information content (AvgIpc) is 2.55. The van der Waals surface area contributed by atoms with Crippen LogP contribution in [-0.4, -0.2) is 30.0 Å². The van der Waals surface area contributed by atoms with Crippen LogP contribution in [0.1, 0.15) is 15.9 Å². The van der Waals surface area contributed by atoms with E-state index < -0.39 is 11.8 Å². The van der Waals surface area contributed by atoms with Crippen LogP contribution in [0.5, 0.6) is 0 Å². The molecule has 0 aliphatic heterocycles. The van der Waals surface area contributed by atoms with Gasteiger partial charge < -0.3 is 15.2 Å². The highest BCUT2D eigenvalue weighted by Gasteiger charge is 2.07. The summed E-state index contributed by atoms with van der Waals surface area (Å²) in [5, 5.41) is 12.0. The Morgan fingerprint density at radius 1 is 1.21 bits per heavy atom. The SMILES string of the molecule is O=C(CNc1cccc(C(=O)O)c1)COCc1ccc(F)cc1Cl. The lowest BCUT2D eigenvalue weighted by atomic mass is 10.2. The summed E-state index contributed by atoms with van der Waals surface area (Å²) in [6, 6.07) is 10.1. The van der Waals surface area contributed by atoms with Gasteiger partial charge in [-0.2, -0.15) is 0 Å². The number of carbonyl (C=O) groups is 2. The number of nitrogens with one attached hydrogen (secondary N) is 1. The molecule has 24 heavy (non-hydrogen) atoms. The number of Topliss-reactive ketones (excluding diaryl/α,β-unsaturated/α-hetero) is 1. The molecule has 0 heterocycles. The summed E-state index contributed by atoms with van der Waals surface area (Å²) >= 11 is 5.86. The molecule has 0 atom stereocenters. The molecule has 0 saturated heterocycles. The first-order chi connectivity index (χ1) is 11.5. The van der Waals surface area contributed by atoms with Crippen molar-refractivity contribution in [3.05, 3.63) is 64.4 Å².